The van der Waals surface area contributed by atoms with Gasteiger partial charge in [-0.3, -0.25) is 14.7 Å². The fraction of sp³-hybridized carbons (Fsp3) is 0.455. The first-order valence-corrected chi connectivity index (χ1v) is 5.36. The summed E-state index contributed by atoms with van der Waals surface area (Å²) in [5, 5.41) is 26.4. The topological polar surface area (TPSA) is 119 Å². The number of aromatic nitrogens is 2. The van der Waals surface area contributed by atoms with Gasteiger partial charge in [0.1, 0.15) is 17.5 Å². The summed E-state index contributed by atoms with van der Waals surface area (Å²) in [5.41, 5.74) is -0.350. The summed E-state index contributed by atoms with van der Waals surface area (Å²) < 4.78 is 0. The number of carbonyl (C=O) groups is 2. The number of nitrogens with one attached hydrogen (secondary N) is 2. The van der Waals surface area contributed by atoms with E-state index in [1.54, 1.807) is 13.8 Å². The Hall–Kier alpha value is -2.36. The third kappa shape index (κ3) is 1.72. The molecule has 18 heavy (non-hydrogen) atoms. The van der Waals surface area contributed by atoms with Crippen molar-refractivity contribution in [3.8, 4) is 6.07 Å². The van der Waals surface area contributed by atoms with Crippen LogP contribution < -0.4 is 5.32 Å². The average molecular weight is 248 g/mol. The van der Waals surface area contributed by atoms with Gasteiger partial charge in [-0.15, -0.1) is 0 Å². The molecular formula is C11H12N4O3. The smallest absolute Gasteiger partial charge is 0.307 e. The van der Waals surface area contributed by atoms with Gasteiger partial charge in [-0.05, 0) is 5.41 Å². The quantitative estimate of drug-likeness (QED) is 0.722. The van der Waals surface area contributed by atoms with Gasteiger partial charge < -0.3 is 10.4 Å². The molecule has 1 amide bonds. The molecule has 0 radical (unpaired) electrons. The number of aliphatic carboxylic acids is 1. The van der Waals surface area contributed by atoms with Gasteiger partial charge in [0.05, 0.1) is 18.0 Å². The Kier molecular flexibility index (Phi) is 2.58. The van der Waals surface area contributed by atoms with Gasteiger partial charge in [-0.2, -0.15) is 10.4 Å². The van der Waals surface area contributed by atoms with Crippen LogP contribution in [0.15, 0.2) is 6.20 Å². The first-order chi connectivity index (χ1) is 8.39. The number of nitrogens with zero attached hydrogens (tertiary/aromatic N) is 2. The number of hydrogen-bond donors (Lipinski definition) is 3. The number of carboxylic acid groups (broad SMARTS) is 1. The molecular weight excluding hydrogens is 236 g/mol. The van der Waals surface area contributed by atoms with Crippen molar-refractivity contribution in [1.29, 1.82) is 5.26 Å². The summed E-state index contributed by atoms with van der Waals surface area (Å²) in [6, 6.07) is 1.87. The summed E-state index contributed by atoms with van der Waals surface area (Å²) in [6.45, 7) is 3.46. The van der Waals surface area contributed by atoms with Gasteiger partial charge in [0.2, 0.25) is 5.91 Å². The molecule has 0 unspecified atom stereocenters. The molecule has 3 N–H and O–H groups in total. The second-order valence-electron chi connectivity index (χ2n) is 4.87. The molecule has 94 valence electrons. The molecule has 2 rings (SSSR count). The summed E-state index contributed by atoms with van der Waals surface area (Å²) in [7, 11) is 0. The van der Waals surface area contributed by atoms with Gasteiger partial charge in [-0.25, -0.2) is 0 Å². The summed E-state index contributed by atoms with van der Waals surface area (Å²) >= 11 is 0. The first-order valence-electron chi connectivity index (χ1n) is 5.36. The van der Waals surface area contributed by atoms with E-state index in [9.17, 15) is 9.59 Å². The van der Waals surface area contributed by atoms with E-state index >= 15 is 0 Å². The molecule has 2 atom stereocenters. The number of carbonyl (C=O) groups excluding carboxylic acids is 1. The lowest BCUT2D eigenvalue weighted by Crippen LogP contribution is -2.18. The maximum absolute atomic E-state index is 11.9. The Labute approximate surface area is 103 Å². The molecule has 1 fully saturated rings. The molecule has 1 heterocycles. The lowest BCUT2D eigenvalue weighted by molar-refractivity contribution is -0.140. The highest BCUT2D eigenvalue weighted by atomic mass is 16.4. The van der Waals surface area contributed by atoms with Crippen LogP contribution >= 0.6 is 0 Å². The number of nitriles is 1. The number of anilines is 1. The van der Waals surface area contributed by atoms with Crippen LogP contribution in [0.1, 0.15) is 19.4 Å². The molecule has 1 aromatic rings. The third-order valence-corrected chi connectivity index (χ3v) is 3.38. The lowest BCUT2D eigenvalue weighted by atomic mass is 10.1. The van der Waals surface area contributed by atoms with Gasteiger partial charge in [-0.1, -0.05) is 13.8 Å². The third-order valence-electron chi connectivity index (χ3n) is 3.38. The van der Waals surface area contributed by atoms with Crippen molar-refractivity contribution in [2.24, 2.45) is 17.3 Å². The maximum Gasteiger partial charge on any atom is 0.307 e. The molecule has 1 aromatic heterocycles. The highest BCUT2D eigenvalue weighted by Gasteiger charge is 2.65. The molecule has 0 bridgehead atoms. The van der Waals surface area contributed by atoms with E-state index in [-0.39, 0.29) is 11.4 Å². The molecule has 0 saturated heterocycles. The SMILES string of the molecule is CC1(C)[C@H](C(=O)Nc2[nH]ncc2C#N)[C@@H]1C(=O)O. The second-order valence-corrected chi connectivity index (χ2v) is 4.87. The van der Waals surface area contributed by atoms with E-state index in [0.29, 0.717) is 0 Å². The molecule has 1 aliphatic carbocycles. The molecule has 0 aromatic carbocycles. The van der Waals surface area contributed by atoms with E-state index in [1.165, 1.54) is 6.20 Å². The minimum Gasteiger partial charge on any atom is -0.481 e. The summed E-state index contributed by atoms with van der Waals surface area (Å²) in [6.07, 6.45) is 1.29. The molecule has 7 nitrogen and oxygen atoms in total. The number of H-pyrrole nitrogens is 1. The summed E-state index contributed by atoms with van der Waals surface area (Å²) in [5.74, 6) is -2.47. The van der Waals surface area contributed by atoms with E-state index in [2.05, 4.69) is 15.5 Å². The highest BCUT2D eigenvalue weighted by Crippen LogP contribution is 2.58. The van der Waals surface area contributed by atoms with Crippen molar-refractivity contribution in [2.45, 2.75) is 13.8 Å². The standard InChI is InChI=1S/C11H12N4O3/c1-11(2)6(7(11)10(17)18)9(16)14-8-5(3-12)4-13-15-8/h4,6-7H,1-2H3,(H,17,18)(H2,13,14,15,16)/t6-,7+/m0/s1. The van der Waals surface area contributed by atoms with Crippen molar-refractivity contribution < 1.29 is 14.7 Å². The molecule has 1 saturated carbocycles. The van der Waals surface area contributed by atoms with E-state index < -0.39 is 29.1 Å². The first kappa shape index (κ1) is 12.1. The minimum atomic E-state index is -0.981. The number of amides is 1. The van der Waals surface area contributed by atoms with Gasteiger partial charge in [0, 0.05) is 0 Å². The molecule has 1 aliphatic rings. The molecule has 0 aliphatic heterocycles. The number of rotatable bonds is 3. The lowest BCUT2D eigenvalue weighted by Gasteiger charge is -2.03. The van der Waals surface area contributed by atoms with Gasteiger partial charge in [0.25, 0.3) is 0 Å². The Balaban J connectivity index is 2.12. The molecule has 0 spiro atoms. The average Bonchev–Trinajstić information content (AvgIpc) is 2.66. The summed E-state index contributed by atoms with van der Waals surface area (Å²) in [4.78, 5) is 22.9. The number of carboxylic acids is 1. The van der Waals surface area contributed by atoms with Crippen LogP contribution in [0, 0.1) is 28.6 Å². The Morgan fingerprint density at radius 3 is 2.72 bits per heavy atom. The predicted molar refractivity (Wildman–Crippen MR) is 60.3 cm³/mol. The van der Waals surface area contributed by atoms with Crippen molar-refractivity contribution in [3.05, 3.63) is 11.8 Å². The van der Waals surface area contributed by atoms with E-state index in [0.717, 1.165) is 0 Å². The Bertz CT molecular complexity index is 555. The second kappa shape index (κ2) is 3.84. The van der Waals surface area contributed by atoms with Crippen LogP contribution in [-0.4, -0.2) is 27.2 Å². The largest absolute Gasteiger partial charge is 0.481 e. The monoisotopic (exact) mass is 248 g/mol. The fourth-order valence-corrected chi connectivity index (χ4v) is 2.26. The van der Waals surface area contributed by atoms with E-state index in [4.69, 9.17) is 10.4 Å². The van der Waals surface area contributed by atoms with Crippen molar-refractivity contribution in [1.82, 2.24) is 10.2 Å². The van der Waals surface area contributed by atoms with Crippen molar-refractivity contribution in [2.75, 3.05) is 5.32 Å². The van der Waals surface area contributed by atoms with Crippen LogP contribution in [0.25, 0.3) is 0 Å². The van der Waals surface area contributed by atoms with Crippen LogP contribution in [0.5, 0.6) is 0 Å². The predicted octanol–water partition coefficient (Wildman–Crippen LogP) is 0.577. The maximum atomic E-state index is 11.9. The minimum absolute atomic E-state index is 0.203. The number of hydrogen-bond acceptors (Lipinski definition) is 4. The number of aromatic amines is 1. The van der Waals surface area contributed by atoms with Crippen LogP contribution in [-0.2, 0) is 9.59 Å². The van der Waals surface area contributed by atoms with Crippen LogP contribution in [0.2, 0.25) is 0 Å². The Morgan fingerprint density at radius 2 is 2.22 bits per heavy atom. The van der Waals surface area contributed by atoms with Gasteiger partial charge in [0.15, 0.2) is 0 Å². The van der Waals surface area contributed by atoms with Crippen LogP contribution in [0.4, 0.5) is 5.82 Å². The zero-order valence-electron chi connectivity index (χ0n) is 9.89. The Morgan fingerprint density at radius 1 is 1.56 bits per heavy atom. The van der Waals surface area contributed by atoms with Crippen molar-refractivity contribution in [3.63, 3.8) is 0 Å². The zero-order valence-corrected chi connectivity index (χ0v) is 9.89. The van der Waals surface area contributed by atoms with Gasteiger partial charge >= 0.3 is 5.97 Å². The van der Waals surface area contributed by atoms with Crippen LogP contribution in [0.3, 0.4) is 0 Å². The fourth-order valence-electron chi connectivity index (χ4n) is 2.26. The van der Waals surface area contributed by atoms with Crippen molar-refractivity contribution >= 4 is 17.7 Å². The highest BCUT2D eigenvalue weighted by molar-refractivity contribution is 5.99. The normalized spacial score (nSPS) is 24.1. The zero-order chi connectivity index (χ0) is 13.5. The van der Waals surface area contributed by atoms with E-state index in [1.807, 2.05) is 6.07 Å². The molecule has 7 heteroatoms.